The van der Waals surface area contributed by atoms with Gasteiger partial charge < -0.3 is 0 Å². The standard InChI is InChI=1S/C4H10N2S2/c1-4(2)8-6(3)5-7/h4H,1-3H3. The molecule has 0 N–H and O–H groups in total. The molecule has 0 aromatic rings. The third-order valence-electron chi connectivity index (χ3n) is 0.478. The minimum atomic E-state index is 0.562. The van der Waals surface area contributed by atoms with E-state index in [0.29, 0.717) is 5.25 Å². The number of rotatable bonds is 3. The molecular formula is C4H10N2S2. The van der Waals surface area contributed by atoms with Gasteiger partial charge in [-0.05, 0) is 11.9 Å². The third kappa shape index (κ3) is 4.33. The summed E-state index contributed by atoms with van der Waals surface area (Å²) in [6, 6.07) is 0. The summed E-state index contributed by atoms with van der Waals surface area (Å²) in [4.78, 5) is 0. The van der Waals surface area contributed by atoms with Crippen LogP contribution in [0.15, 0.2) is 4.47 Å². The van der Waals surface area contributed by atoms with E-state index in [2.05, 4.69) is 30.7 Å². The van der Waals surface area contributed by atoms with Crippen molar-refractivity contribution >= 4 is 24.4 Å². The van der Waals surface area contributed by atoms with E-state index in [1.54, 1.807) is 16.4 Å². The van der Waals surface area contributed by atoms with E-state index in [4.69, 9.17) is 0 Å². The average Bonchev–Trinajstić information content (AvgIpc) is 1.65. The minimum Gasteiger partial charge on any atom is -0.230 e. The summed E-state index contributed by atoms with van der Waals surface area (Å²) in [6.07, 6.45) is 0. The molecule has 0 spiro atoms. The normalized spacial score (nSPS) is 9.50. The molecule has 48 valence electrons. The van der Waals surface area contributed by atoms with E-state index >= 15 is 0 Å². The highest BCUT2D eigenvalue weighted by molar-refractivity contribution is 7.97. The number of hydrogen-bond acceptors (Lipinski definition) is 3. The lowest BCUT2D eigenvalue weighted by Gasteiger charge is -2.10. The van der Waals surface area contributed by atoms with E-state index in [0.717, 1.165) is 0 Å². The van der Waals surface area contributed by atoms with E-state index in [9.17, 15) is 0 Å². The largest absolute Gasteiger partial charge is 0.230 e. The molecule has 0 saturated heterocycles. The Morgan fingerprint density at radius 1 is 1.62 bits per heavy atom. The van der Waals surface area contributed by atoms with Crippen LogP contribution >= 0.6 is 11.9 Å². The number of nitrogens with zero attached hydrogens (tertiary/aromatic N) is 2. The van der Waals surface area contributed by atoms with Gasteiger partial charge in [0.15, 0.2) is 0 Å². The van der Waals surface area contributed by atoms with Crippen LogP contribution in [0.25, 0.3) is 0 Å². The van der Waals surface area contributed by atoms with Crippen molar-refractivity contribution in [3.8, 4) is 0 Å². The maximum absolute atomic E-state index is 4.42. The fourth-order valence-electron chi connectivity index (χ4n) is 0.324. The Hall–Kier alpha value is 0.170. The van der Waals surface area contributed by atoms with Gasteiger partial charge in [-0.3, -0.25) is 0 Å². The second-order valence-corrected chi connectivity index (χ2v) is 3.55. The highest BCUT2D eigenvalue weighted by Crippen LogP contribution is 2.12. The second-order valence-electron chi connectivity index (χ2n) is 1.70. The predicted molar refractivity (Wildman–Crippen MR) is 40.3 cm³/mol. The summed E-state index contributed by atoms with van der Waals surface area (Å²) in [5.74, 6) is 0. The van der Waals surface area contributed by atoms with Crippen molar-refractivity contribution in [2.75, 3.05) is 7.05 Å². The molecule has 0 bridgehead atoms. The topological polar surface area (TPSA) is 15.6 Å². The molecular weight excluding hydrogens is 140 g/mol. The summed E-state index contributed by atoms with van der Waals surface area (Å²) < 4.78 is 5.19. The number of hydrogen-bond donors (Lipinski definition) is 0. The smallest absolute Gasteiger partial charge is 0.0638 e. The average molecular weight is 150 g/mol. The van der Waals surface area contributed by atoms with Gasteiger partial charge in [0.25, 0.3) is 0 Å². The van der Waals surface area contributed by atoms with Gasteiger partial charge in [0, 0.05) is 12.3 Å². The first kappa shape index (κ1) is 8.17. The van der Waals surface area contributed by atoms with Gasteiger partial charge in [-0.25, -0.2) is 4.41 Å². The first-order valence-corrected chi connectivity index (χ1v) is 3.60. The summed E-state index contributed by atoms with van der Waals surface area (Å²) in [5, 5.41) is 0.562. The zero-order chi connectivity index (χ0) is 6.57. The van der Waals surface area contributed by atoms with Crippen LogP contribution in [0.1, 0.15) is 13.8 Å². The van der Waals surface area contributed by atoms with Gasteiger partial charge in [0.05, 0.1) is 12.4 Å². The van der Waals surface area contributed by atoms with E-state index in [1.165, 1.54) is 0 Å². The van der Waals surface area contributed by atoms with Gasteiger partial charge in [-0.15, -0.1) is 0 Å². The Bertz CT molecular complexity index is 74.4. The van der Waals surface area contributed by atoms with E-state index < -0.39 is 0 Å². The molecule has 0 heterocycles. The van der Waals surface area contributed by atoms with Crippen molar-refractivity contribution < 1.29 is 0 Å². The molecule has 0 amide bonds. The van der Waals surface area contributed by atoms with Crippen LogP contribution in [0.5, 0.6) is 0 Å². The highest BCUT2D eigenvalue weighted by atomic mass is 32.2. The first-order valence-electron chi connectivity index (χ1n) is 2.40. The molecule has 8 heavy (non-hydrogen) atoms. The molecule has 0 atom stereocenters. The lowest BCUT2D eigenvalue weighted by atomic mass is 10.6. The van der Waals surface area contributed by atoms with Crippen LogP contribution in [-0.2, 0) is 12.4 Å². The Labute approximate surface area is 59.9 Å². The van der Waals surface area contributed by atoms with Crippen molar-refractivity contribution in [1.82, 2.24) is 4.41 Å². The van der Waals surface area contributed by atoms with E-state index in [-0.39, 0.29) is 0 Å². The zero-order valence-electron chi connectivity index (χ0n) is 5.29. The first-order chi connectivity index (χ1) is 3.66. The minimum absolute atomic E-state index is 0.562. The van der Waals surface area contributed by atoms with Crippen molar-refractivity contribution in [3.63, 3.8) is 0 Å². The Balaban J connectivity index is 3.23. The zero-order valence-corrected chi connectivity index (χ0v) is 6.92. The van der Waals surface area contributed by atoms with Crippen molar-refractivity contribution in [2.24, 2.45) is 4.47 Å². The van der Waals surface area contributed by atoms with Crippen molar-refractivity contribution in [2.45, 2.75) is 19.1 Å². The summed E-state index contributed by atoms with van der Waals surface area (Å²) in [7, 11) is 1.84. The quantitative estimate of drug-likeness (QED) is 0.449. The second kappa shape index (κ2) is 4.09. The fraction of sp³-hybridized carbons (Fsp3) is 1.00. The van der Waals surface area contributed by atoms with Crippen LogP contribution < -0.4 is 0 Å². The van der Waals surface area contributed by atoms with Crippen LogP contribution in [-0.4, -0.2) is 16.7 Å². The fourth-order valence-corrected chi connectivity index (χ4v) is 1.09. The maximum Gasteiger partial charge on any atom is 0.0638 e. The Morgan fingerprint density at radius 2 is 2.12 bits per heavy atom. The molecule has 0 aromatic heterocycles. The molecule has 0 aliphatic heterocycles. The Morgan fingerprint density at radius 3 is 2.25 bits per heavy atom. The third-order valence-corrected chi connectivity index (χ3v) is 1.64. The maximum atomic E-state index is 4.42. The summed E-state index contributed by atoms with van der Waals surface area (Å²) in [6.45, 7) is 4.20. The molecule has 0 fully saturated rings. The van der Waals surface area contributed by atoms with Gasteiger partial charge in [0.1, 0.15) is 0 Å². The van der Waals surface area contributed by atoms with E-state index in [1.807, 2.05) is 7.05 Å². The van der Waals surface area contributed by atoms with Crippen LogP contribution in [0.4, 0.5) is 0 Å². The molecule has 0 aliphatic rings. The molecule has 0 saturated carbocycles. The van der Waals surface area contributed by atoms with Gasteiger partial charge in [0.2, 0.25) is 0 Å². The SMILES string of the molecule is CC(C)SN(C)N=S. The molecule has 0 aliphatic carbocycles. The summed E-state index contributed by atoms with van der Waals surface area (Å²) in [5.41, 5.74) is 0. The summed E-state index contributed by atoms with van der Waals surface area (Å²) >= 11 is 6.04. The highest BCUT2D eigenvalue weighted by Gasteiger charge is 1.96. The Kier molecular flexibility index (Phi) is 4.18. The lowest BCUT2D eigenvalue weighted by Crippen LogP contribution is -2.02. The molecule has 2 nitrogen and oxygen atoms in total. The van der Waals surface area contributed by atoms with Gasteiger partial charge >= 0.3 is 0 Å². The van der Waals surface area contributed by atoms with Gasteiger partial charge in [-0.2, -0.15) is 0 Å². The molecule has 0 unspecified atom stereocenters. The van der Waals surface area contributed by atoms with Crippen LogP contribution in [0, 0.1) is 0 Å². The lowest BCUT2D eigenvalue weighted by molar-refractivity contribution is 0.625. The predicted octanol–water partition coefficient (Wildman–Crippen LogP) is 1.62. The monoisotopic (exact) mass is 150 g/mol. The van der Waals surface area contributed by atoms with Crippen LogP contribution in [0.2, 0.25) is 0 Å². The van der Waals surface area contributed by atoms with Crippen molar-refractivity contribution in [1.29, 1.82) is 0 Å². The van der Waals surface area contributed by atoms with Crippen LogP contribution in [0.3, 0.4) is 0 Å². The molecule has 0 aromatic carbocycles. The van der Waals surface area contributed by atoms with Crippen molar-refractivity contribution in [3.05, 3.63) is 0 Å². The van der Waals surface area contributed by atoms with Gasteiger partial charge in [-0.1, -0.05) is 18.3 Å². The molecule has 4 heteroatoms. The molecule has 0 rings (SSSR count). The molecule has 0 radical (unpaired) electrons.